The lowest BCUT2D eigenvalue weighted by Gasteiger charge is -2.21. The molecule has 122 valence electrons. The molecule has 2 aromatic carbocycles. The maximum atomic E-state index is 12.3. The van der Waals surface area contributed by atoms with E-state index in [-0.39, 0.29) is 11.8 Å². The molecule has 1 aliphatic rings. The first-order chi connectivity index (χ1) is 11.8. The van der Waals surface area contributed by atoms with Gasteiger partial charge in [0.15, 0.2) is 0 Å². The average molecular weight is 320 g/mol. The number of carbonyl (C=O) groups is 1. The molecule has 2 N–H and O–H groups in total. The molecule has 5 nitrogen and oxygen atoms in total. The van der Waals surface area contributed by atoms with Crippen LogP contribution in [0.2, 0.25) is 0 Å². The zero-order chi connectivity index (χ0) is 16.4. The van der Waals surface area contributed by atoms with Crippen LogP contribution >= 0.6 is 0 Å². The van der Waals surface area contributed by atoms with Crippen molar-refractivity contribution in [2.45, 2.75) is 12.8 Å². The Hall–Kier alpha value is -2.66. The van der Waals surface area contributed by atoms with Gasteiger partial charge in [0, 0.05) is 17.3 Å². The fraction of sp³-hybridized carbons (Fsp3) is 0.263. The highest BCUT2D eigenvalue weighted by Crippen LogP contribution is 2.20. The predicted octanol–water partition coefficient (Wildman–Crippen LogP) is 2.96. The zero-order valence-corrected chi connectivity index (χ0v) is 13.4. The Morgan fingerprint density at radius 3 is 2.62 bits per heavy atom. The third-order valence-electron chi connectivity index (χ3n) is 4.58. The van der Waals surface area contributed by atoms with E-state index in [2.05, 4.69) is 21.7 Å². The summed E-state index contributed by atoms with van der Waals surface area (Å²) < 4.78 is 2.05. The van der Waals surface area contributed by atoms with Crippen LogP contribution in [0.5, 0.6) is 0 Å². The summed E-state index contributed by atoms with van der Waals surface area (Å²) in [7, 11) is 0. The number of carbonyl (C=O) groups excluding carboxylic acids is 1. The summed E-state index contributed by atoms with van der Waals surface area (Å²) >= 11 is 0. The summed E-state index contributed by atoms with van der Waals surface area (Å²) in [6, 6.07) is 16.0. The average Bonchev–Trinajstić information content (AvgIpc) is 3.07. The SMILES string of the molecule is O=C(Nc1ccc(-n2cnc3ccccc32)cc1)C1CCNCC1. The Labute approximate surface area is 140 Å². The number of nitrogens with zero attached hydrogens (tertiary/aromatic N) is 2. The molecule has 0 radical (unpaired) electrons. The lowest BCUT2D eigenvalue weighted by Crippen LogP contribution is -2.34. The van der Waals surface area contributed by atoms with Gasteiger partial charge in [-0.2, -0.15) is 0 Å². The Morgan fingerprint density at radius 1 is 1.08 bits per heavy atom. The van der Waals surface area contributed by atoms with Gasteiger partial charge in [0.25, 0.3) is 0 Å². The standard InChI is InChI=1S/C19H20N4O/c24-19(14-9-11-20-12-10-14)22-15-5-7-16(8-6-15)23-13-21-17-3-1-2-4-18(17)23/h1-8,13-14,20H,9-12H2,(H,22,24). The summed E-state index contributed by atoms with van der Waals surface area (Å²) in [6.45, 7) is 1.84. The second-order valence-corrected chi connectivity index (χ2v) is 6.16. The van der Waals surface area contributed by atoms with Gasteiger partial charge < -0.3 is 10.6 Å². The number of hydrogen-bond acceptors (Lipinski definition) is 3. The number of benzene rings is 2. The summed E-state index contributed by atoms with van der Waals surface area (Å²) in [4.78, 5) is 16.7. The maximum Gasteiger partial charge on any atom is 0.227 e. The molecule has 1 amide bonds. The number of aromatic nitrogens is 2. The van der Waals surface area contributed by atoms with Crippen LogP contribution in [0.25, 0.3) is 16.7 Å². The van der Waals surface area contributed by atoms with Crippen LogP contribution in [0, 0.1) is 5.92 Å². The smallest absolute Gasteiger partial charge is 0.227 e. The molecule has 0 unspecified atom stereocenters. The number of hydrogen-bond donors (Lipinski definition) is 2. The molecular weight excluding hydrogens is 300 g/mol. The van der Waals surface area contributed by atoms with E-state index in [1.807, 2.05) is 53.4 Å². The van der Waals surface area contributed by atoms with Gasteiger partial charge in [-0.3, -0.25) is 9.36 Å². The maximum absolute atomic E-state index is 12.3. The Balaban J connectivity index is 1.51. The molecule has 0 aliphatic carbocycles. The van der Waals surface area contributed by atoms with E-state index in [0.29, 0.717) is 0 Å². The minimum atomic E-state index is 0.114. The van der Waals surface area contributed by atoms with Crippen molar-refractivity contribution in [2.75, 3.05) is 18.4 Å². The molecule has 0 bridgehead atoms. The van der Waals surface area contributed by atoms with Gasteiger partial charge in [-0.1, -0.05) is 12.1 Å². The molecule has 24 heavy (non-hydrogen) atoms. The molecule has 2 heterocycles. The number of amides is 1. The van der Waals surface area contributed by atoms with Crippen LogP contribution in [0.4, 0.5) is 5.69 Å². The van der Waals surface area contributed by atoms with Gasteiger partial charge in [-0.25, -0.2) is 4.98 Å². The van der Waals surface area contributed by atoms with Gasteiger partial charge >= 0.3 is 0 Å². The van der Waals surface area contributed by atoms with E-state index in [0.717, 1.165) is 48.3 Å². The van der Waals surface area contributed by atoms with Crippen LogP contribution in [-0.2, 0) is 4.79 Å². The third-order valence-corrected chi connectivity index (χ3v) is 4.58. The number of anilines is 1. The summed E-state index contributed by atoms with van der Waals surface area (Å²) in [5, 5.41) is 6.31. The topological polar surface area (TPSA) is 59.0 Å². The minimum Gasteiger partial charge on any atom is -0.326 e. The van der Waals surface area contributed by atoms with Crippen LogP contribution in [0.3, 0.4) is 0 Å². The lowest BCUT2D eigenvalue weighted by atomic mass is 9.97. The van der Waals surface area contributed by atoms with E-state index >= 15 is 0 Å². The second kappa shape index (κ2) is 6.45. The van der Waals surface area contributed by atoms with Crippen LogP contribution in [-0.4, -0.2) is 28.5 Å². The van der Waals surface area contributed by atoms with Gasteiger partial charge in [0.2, 0.25) is 5.91 Å². The number of rotatable bonds is 3. The minimum absolute atomic E-state index is 0.114. The summed E-state index contributed by atoms with van der Waals surface area (Å²) in [6.07, 6.45) is 3.64. The van der Waals surface area contributed by atoms with Crippen molar-refractivity contribution in [3.05, 3.63) is 54.9 Å². The highest BCUT2D eigenvalue weighted by Gasteiger charge is 2.20. The fourth-order valence-electron chi connectivity index (χ4n) is 3.20. The van der Waals surface area contributed by atoms with Crippen LogP contribution in [0.1, 0.15) is 12.8 Å². The van der Waals surface area contributed by atoms with Crippen molar-refractivity contribution in [2.24, 2.45) is 5.92 Å². The largest absolute Gasteiger partial charge is 0.326 e. The fourth-order valence-corrected chi connectivity index (χ4v) is 3.20. The predicted molar refractivity (Wildman–Crippen MR) is 95.3 cm³/mol. The molecule has 1 aliphatic heterocycles. The third kappa shape index (κ3) is 2.90. The monoisotopic (exact) mass is 320 g/mol. The molecule has 0 atom stereocenters. The number of piperidine rings is 1. The van der Waals surface area contributed by atoms with E-state index in [1.54, 1.807) is 0 Å². The van der Waals surface area contributed by atoms with Crippen molar-refractivity contribution >= 4 is 22.6 Å². The van der Waals surface area contributed by atoms with Crippen molar-refractivity contribution in [3.8, 4) is 5.69 Å². The first-order valence-corrected chi connectivity index (χ1v) is 8.35. The second-order valence-electron chi connectivity index (χ2n) is 6.16. The highest BCUT2D eigenvalue weighted by atomic mass is 16.1. The molecule has 1 fully saturated rings. The molecule has 4 rings (SSSR count). The van der Waals surface area contributed by atoms with E-state index in [1.165, 1.54) is 0 Å². The number of imidazole rings is 1. The van der Waals surface area contributed by atoms with Crippen molar-refractivity contribution in [3.63, 3.8) is 0 Å². The highest BCUT2D eigenvalue weighted by molar-refractivity contribution is 5.92. The quantitative estimate of drug-likeness (QED) is 0.780. The molecular formula is C19H20N4O. The Kier molecular flexibility index (Phi) is 4.01. The Bertz CT molecular complexity index is 847. The number of para-hydroxylation sites is 2. The van der Waals surface area contributed by atoms with Crippen molar-refractivity contribution in [1.82, 2.24) is 14.9 Å². The molecule has 1 aromatic heterocycles. The number of fused-ring (bicyclic) bond motifs is 1. The van der Waals surface area contributed by atoms with E-state index in [9.17, 15) is 4.79 Å². The lowest BCUT2D eigenvalue weighted by molar-refractivity contribution is -0.120. The number of nitrogens with one attached hydrogen (secondary N) is 2. The summed E-state index contributed by atoms with van der Waals surface area (Å²) in [5.41, 5.74) is 3.92. The van der Waals surface area contributed by atoms with Crippen LogP contribution in [0.15, 0.2) is 54.9 Å². The van der Waals surface area contributed by atoms with Gasteiger partial charge in [0.05, 0.1) is 11.0 Å². The van der Waals surface area contributed by atoms with E-state index < -0.39 is 0 Å². The van der Waals surface area contributed by atoms with Gasteiger partial charge in [-0.15, -0.1) is 0 Å². The molecule has 5 heteroatoms. The molecule has 1 saturated heterocycles. The van der Waals surface area contributed by atoms with Gasteiger partial charge in [0.1, 0.15) is 6.33 Å². The summed E-state index contributed by atoms with van der Waals surface area (Å²) in [5.74, 6) is 0.237. The zero-order valence-electron chi connectivity index (χ0n) is 13.4. The molecule has 0 saturated carbocycles. The van der Waals surface area contributed by atoms with Crippen molar-refractivity contribution < 1.29 is 4.79 Å². The van der Waals surface area contributed by atoms with Gasteiger partial charge in [-0.05, 0) is 62.3 Å². The Morgan fingerprint density at radius 2 is 1.83 bits per heavy atom. The van der Waals surface area contributed by atoms with Crippen molar-refractivity contribution in [1.29, 1.82) is 0 Å². The molecule has 0 spiro atoms. The normalized spacial score (nSPS) is 15.5. The molecule has 3 aromatic rings. The first kappa shape index (κ1) is 14.9. The van der Waals surface area contributed by atoms with E-state index in [4.69, 9.17) is 0 Å². The first-order valence-electron chi connectivity index (χ1n) is 8.35. The van der Waals surface area contributed by atoms with Crippen LogP contribution < -0.4 is 10.6 Å².